The standard InChI is InChI=1S/C17H17N5O2/c23-17(13-5-2-6-15-18-10-19-22(13)15)21-8-7-14-12(9-21)20-16(24-14)11-3-1-4-11/h2,5-6,10-11H,1,3-4,7-9H2. The molecule has 0 atom stereocenters. The number of carbonyl (C=O) groups excluding carboxylic acids is 1. The topological polar surface area (TPSA) is 76.5 Å². The van der Waals surface area contributed by atoms with Crippen LogP contribution in [-0.4, -0.2) is 36.9 Å². The molecule has 7 nitrogen and oxygen atoms in total. The van der Waals surface area contributed by atoms with E-state index in [9.17, 15) is 4.79 Å². The number of pyridine rings is 1. The van der Waals surface area contributed by atoms with E-state index in [2.05, 4.69) is 15.1 Å². The lowest BCUT2D eigenvalue weighted by Gasteiger charge is -2.25. The van der Waals surface area contributed by atoms with Gasteiger partial charge in [-0.05, 0) is 25.0 Å². The lowest BCUT2D eigenvalue weighted by atomic mass is 9.85. The van der Waals surface area contributed by atoms with Gasteiger partial charge in [0.1, 0.15) is 23.5 Å². The Labute approximate surface area is 138 Å². The van der Waals surface area contributed by atoms with E-state index in [0.29, 0.717) is 36.8 Å². The van der Waals surface area contributed by atoms with E-state index in [1.165, 1.54) is 12.7 Å². The molecule has 0 bridgehead atoms. The Bertz CT molecular complexity index is 924. The van der Waals surface area contributed by atoms with Crippen LogP contribution in [0.3, 0.4) is 0 Å². The Morgan fingerprint density at radius 2 is 2.21 bits per heavy atom. The van der Waals surface area contributed by atoms with Crippen molar-refractivity contribution in [3.63, 3.8) is 0 Å². The van der Waals surface area contributed by atoms with Crippen molar-refractivity contribution in [2.45, 2.75) is 38.1 Å². The highest BCUT2D eigenvalue weighted by Gasteiger charge is 2.31. The number of hydrogen-bond acceptors (Lipinski definition) is 5. The number of hydrogen-bond donors (Lipinski definition) is 0. The molecule has 1 aliphatic carbocycles. The third kappa shape index (κ3) is 2.04. The highest BCUT2D eigenvalue weighted by atomic mass is 16.4. The molecule has 4 heterocycles. The van der Waals surface area contributed by atoms with Crippen LogP contribution in [0.4, 0.5) is 0 Å². The van der Waals surface area contributed by atoms with Gasteiger partial charge in [0.2, 0.25) is 0 Å². The third-order valence-electron chi connectivity index (χ3n) is 5.01. The molecule has 1 amide bonds. The van der Waals surface area contributed by atoms with Gasteiger partial charge in [-0.15, -0.1) is 0 Å². The number of nitrogens with zero attached hydrogens (tertiary/aromatic N) is 5. The monoisotopic (exact) mass is 323 g/mol. The van der Waals surface area contributed by atoms with Crippen molar-refractivity contribution in [2.24, 2.45) is 0 Å². The van der Waals surface area contributed by atoms with Gasteiger partial charge in [-0.3, -0.25) is 4.79 Å². The van der Waals surface area contributed by atoms with Crippen LogP contribution in [0, 0.1) is 0 Å². The van der Waals surface area contributed by atoms with E-state index in [1.54, 1.807) is 10.6 Å². The minimum atomic E-state index is -0.0510. The molecule has 7 heteroatoms. The zero-order valence-corrected chi connectivity index (χ0v) is 13.2. The molecule has 0 aromatic carbocycles. The lowest BCUT2D eigenvalue weighted by molar-refractivity contribution is 0.0719. The van der Waals surface area contributed by atoms with Gasteiger partial charge in [0.25, 0.3) is 5.91 Å². The van der Waals surface area contributed by atoms with E-state index in [0.717, 1.165) is 30.2 Å². The van der Waals surface area contributed by atoms with Crippen molar-refractivity contribution in [2.75, 3.05) is 6.54 Å². The zero-order chi connectivity index (χ0) is 16.1. The number of amides is 1. The molecule has 24 heavy (non-hydrogen) atoms. The molecule has 122 valence electrons. The highest BCUT2D eigenvalue weighted by molar-refractivity contribution is 5.93. The molecule has 0 spiro atoms. The van der Waals surface area contributed by atoms with Crippen LogP contribution in [0.15, 0.2) is 28.9 Å². The van der Waals surface area contributed by atoms with Gasteiger partial charge in [-0.1, -0.05) is 12.5 Å². The summed E-state index contributed by atoms with van der Waals surface area (Å²) in [6.45, 7) is 1.13. The molecule has 2 aliphatic rings. The maximum atomic E-state index is 12.9. The third-order valence-corrected chi connectivity index (χ3v) is 5.01. The average Bonchev–Trinajstić information content (AvgIpc) is 3.17. The summed E-state index contributed by atoms with van der Waals surface area (Å²) >= 11 is 0. The molecule has 0 unspecified atom stereocenters. The molecule has 1 saturated carbocycles. The fraction of sp³-hybridized carbons (Fsp3) is 0.412. The predicted octanol–water partition coefficient (Wildman–Crippen LogP) is 2.18. The second-order valence-corrected chi connectivity index (χ2v) is 6.47. The Morgan fingerprint density at radius 3 is 3.04 bits per heavy atom. The summed E-state index contributed by atoms with van der Waals surface area (Å²) in [5, 5.41) is 4.15. The van der Waals surface area contributed by atoms with E-state index in [-0.39, 0.29) is 5.91 Å². The van der Waals surface area contributed by atoms with E-state index in [4.69, 9.17) is 4.42 Å². The van der Waals surface area contributed by atoms with Crippen LogP contribution >= 0.6 is 0 Å². The number of aromatic nitrogens is 4. The molecule has 1 aliphatic heterocycles. The van der Waals surface area contributed by atoms with Crippen molar-refractivity contribution in [3.05, 3.63) is 47.6 Å². The van der Waals surface area contributed by atoms with Crippen molar-refractivity contribution in [3.8, 4) is 0 Å². The Morgan fingerprint density at radius 1 is 1.29 bits per heavy atom. The van der Waals surface area contributed by atoms with Crippen LogP contribution in [0.5, 0.6) is 0 Å². The van der Waals surface area contributed by atoms with Crippen LogP contribution in [0.1, 0.15) is 53.0 Å². The van der Waals surface area contributed by atoms with Gasteiger partial charge in [0, 0.05) is 18.9 Å². The van der Waals surface area contributed by atoms with Gasteiger partial charge in [0.05, 0.1) is 6.54 Å². The summed E-state index contributed by atoms with van der Waals surface area (Å²) in [7, 11) is 0. The number of oxazole rings is 1. The quantitative estimate of drug-likeness (QED) is 0.722. The van der Waals surface area contributed by atoms with Crippen molar-refractivity contribution in [1.82, 2.24) is 24.5 Å². The number of carbonyl (C=O) groups is 1. The summed E-state index contributed by atoms with van der Waals surface area (Å²) in [6.07, 6.45) is 5.76. The Balaban J connectivity index is 1.43. The number of rotatable bonds is 2. The molecule has 1 fully saturated rings. The minimum absolute atomic E-state index is 0.0510. The fourth-order valence-corrected chi connectivity index (χ4v) is 3.39. The first-order valence-electron chi connectivity index (χ1n) is 8.36. The first-order valence-corrected chi connectivity index (χ1v) is 8.36. The molecule has 3 aromatic rings. The first kappa shape index (κ1) is 13.7. The molecular weight excluding hydrogens is 306 g/mol. The molecule has 5 rings (SSSR count). The van der Waals surface area contributed by atoms with Crippen LogP contribution in [-0.2, 0) is 13.0 Å². The summed E-state index contributed by atoms with van der Waals surface area (Å²) in [5.41, 5.74) is 2.10. The Hall–Kier alpha value is -2.70. The highest BCUT2D eigenvalue weighted by Crippen LogP contribution is 2.37. The van der Waals surface area contributed by atoms with E-state index in [1.807, 2.05) is 17.0 Å². The van der Waals surface area contributed by atoms with Crippen LogP contribution in [0.25, 0.3) is 5.65 Å². The summed E-state index contributed by atoms with van der Waals surface area (Å²) in [6, 6.07) is 5.44. The number of fused-ring (bicyclic) bond motifs is 2. The van der Waals surface area contributed by atoms with Gasteiger partial charge in [0.15, 0.2) is 11.5 Å². The molecular formula is C17H17N5O2. The van der Waals surface area contributed by atoms with E-state index >= 15 is 0 Å². The van der Waals surface area contributed by atoms with Crippen molar-refractivity contribution < 1.29 is 9.21 Å². The largest absolute Gasteiger partial charge is 0.445 e. The minimum Gasteiger partial charge on any atom is -0.445 e. The maximum absolute atomic E-state index is 12.9. The van der Waals surface area contributed by atoms with Crippen molar-refractivity contribution >= 4 is 11.6 Å². The predicted molar refractivity (Wildman–Crippen MR) is 84.5 cm³/mol. The summed E-state index contributed by atoms with van der Waals surface area (Å²) < 4.78 is 7.51. The first-order chi connectivity index (χ1) is 11.8. The second-order valence-electron chi connectivity index (χ2n) is 6.47. The zero-order valence-electron chi connectivity index (χ0n) is 13.2. The van der Waals surface area contributed by atoms with Gasteiger partial charge in [-0.2, -0.15) is 5.10 Å². The maximum Gasteiger partial charge on any atom is 0.272 e. The SMILES string of the molecule is O=C(c1cccc2ncnn12)N1CCc2oc(C3CCC3)nc2C1. The fourth-order valence-electron chi connectivity index (χ4n) is 3.39. The van der Waals surface area contributed by atoms with Crippen LogP contribution < -0.4 is 0 Å². The Kier molecular flexibility index (Phi) is 2.95. The van der Waals surface area contributed by atoms with Crippen LogP contribution in [0.2, 0.25) is 0 Å². The summed E-state index contributed by atoms with van der Waals surface area (Å²) in [4.78, 5) is 23.5. The van der Waals surface area contributed by atoms with Crippen molar-refractivity contribution in [1.29, 1.82) is 0 Å². The van der Waals surface area contributed by atoms with E-state index < -0.39 is 0 Å². The molecule has 0 N–H and O–H groups in total. The average molecular weight is 323 g/mol. The summed E-state index contributed by atoms with van der Waals surface area (Å²) in [5.74, 6) is 2.23. The molecule has 3 aromatic heterocycles. The smallest absolute Gasteiger partial charge is 0.272 e. The second kappa shape index (κ2) is 5.15. The molecule has 0 radical (unpaired) electrons. The lowest BCUT2D eigenvalue weighted by Crippen LogP contribution is -2.36. The molecule has 0 saturated heterocycles. The van der Waals surface area contributed by atoms with Gasteiger partial charge in [-0.25, -0.2) is 14.5 Å². The normalized spacial score (nSPS) is 17.8. The van der Waals surface area contributed by atoms with Gasteiger partial charge >= 0.3 is 0 Å². The van der Waals surface area contributed by atoms with Gasteiger partial charge < -0.3 is 9.32 Å².